The van der Waals surface area contributed by atoms with Gasteiger partial charge in [0.25, 0.3) is 5.91 Å². The molecular formula is C31H33NO3. The molecule has 1 heterocycles. The van der Waals surface area contributed by atoms with Crippen molar-refractivity contribution in [2.45, 2.75) is 51.4 Å². The second kappa shape index (κ2) is 8.75. The summed E-state index contributed by atoms with van der Waals surface area (Å²) >= 11 is 0. The molecule has 0 spiro atoms. The molecule has 2 bridgehead atoms. The fourth-order valence-corrected chi connectivity index (χ4v) is 6.46. The van der Waals surface area contributed by atoms with Crippen LogP contribution in [0.3, 0.4) is 0 Å². The molecule has 1 saturated carbocycles. The van der Waals surface area contributed by atoms with Gasteiger partial charge < -0.3 is 14.8 Å². The summed E-state index contributed by atoms with van der Waals surface area (Å²) in [4.78, 5) is 13.0. The monoisotopic (exact) mass is 467 g/mol. The minimum atomic E-state index is 0.0268. The quantitative estimate of drug-likeness (QED) is 0.479. The summed E-state index contributed by atoms with van der Waals surface area (Å²) in [5.74, 6) is 3.09. The van der Waals surface area contributed by atoms with Gasteiger partial charge in [0.15, 0.2) is 11.5 Å². The molecule has 180 valence electrons. The number of hydrogen-bond acceptors (Lipinski definition) is 3. The SMILES string of the molecule is C[C@H]1[C@@H]2CCC[C@]1(C)c1cc(C(=O)NCCc3ccc(-c4ccc5c(c4)OCO5)cc3)ccc1C2. The van der Waals surface area contributed by atoms with Gasteiger partial charge in [0.1, 0.15) is 0 Å². The summed E-state index contributed by atoms with van der Waals surface area (Å²) in [6.07, 6.45) is 5.83. The first-order valence-corrected chi connectivity index (χ1v) is 12.9. The first kappa shape index (κ1) is 22.2. The van der Waals surface area contributed by atoms with E-state index in [-0.39, 0.29) is 18.1 Å². The standard InChI is InChI=1S/C31H33NO3/c1-20-23-4-3-14-31(20,2)27-17-26(10-9-25(27)16-23)30(33)32-15-13-21-5-7-22(8-6-21)24-11-12-28-29(18-24)35-19-34-28/h5-12,17-18,20,23H,3-4,13-16,19H2,1-2H3,(H,32,33)/t20-,23+,31-/m0/s1. The van der Waals surface area contributed by atoms with Gasteiger partial charge in [0, 0.05) is 12.1 Å². The van der Waals surface area contributed by atoms with Crippen LogP contribution >= 0.6 is 0 Å². The average Bonchev–Trinajstić information content (AvgIpc) is 3.34. The maximum absolute atomic E-state index is 13.0. The van der Waals surface area contributed by atoms with Gasteiger partial charge in [-0.25, -0.2) is 0 Å². The second-order valence-electron chi connectivity index (χ2n) is 10.7. The highest BCUT2D eigenvalue weighted by Gasteiger charge is 2.45. The Morgan fingerprint density at radius 2 is 1.80 bits per heavy atom. The zero-order valence-corrected chi connectivity index (χ0v) is 20.6. The van der Waals surface area contributed by atoms with E-state index in [0.717, 1.165) is 46.9 Å². The van der Waals surface area contributed by atoms with Crippen LogP contribution in [-0.4, -0.2) is 19.2 Å². The van der Waals surface area contributed by atoms with E-state index in [1.165, 1.54) is 36.0 Å². The maximum Gasteiger partial charge on any atom is 0.251 e. The van der Waals surface area contributed by atoms with Gasteiger partial charge >= 0.3 is 0 Å². The summed E-state index contributed by atoms with van der Waals surface area (Å²) in [6, 6.07) is 20.9. The van der Waals surface area contributed by atoms with E-state index in [0.29, 0.717) is 12.5 Å². The molecule has 1 amide bonds. The van der Waals surface area contributed by atoms with Crippen LogP contribution in [0.5, 0.6) is 11.5 Å². The minimum Gasteiger partial charge on any atom is -0.454 e. The van der Waals surface area contributed by atoms with Crippen LogP contribution in [0.25, 0.3) is 11.1 Å². The van der Waals surface area contributed by atoms with E-state index in [4.69, 9.17) is 9.47 Å². The van der Waals surface area contributed by atoms with Crippen molar-refractivity contribution in [2.75, 3.05) is 13.3 Å². The lowest BCUT2D eigenvalue weighted by Crippen LogP contribution is -2.44. The highest BCUT2D eigenvalue weighted by molar-refractivity contribution is 5.94. The van der Waals surface area contributed by atoms with Gasteiger partial charge in [0.2, 0.25) is 6.79 Å². The van der Waals surface area contributed by atoms with Crippen molar-refractivity contribution in [3.05, 3.63) is 82.9 Å². The fourth-order valence-electron chi connectivity index (χ4n) is 6.46. The Morgan fingerprint density at radius 3 is 2.66 bits per heavy atom. The van der Waals surface area contributed by atoms with Crippen LogP contribution in [0.4, 0.5) is 0 Å². The summed E-state index contributed by atoms with van der Waals surface area (Å²) in [7, 11) is 0. The Balaban J connectivity index is 1.09. The molecule has 2 aliphatic carbocycles. The predicted octanol–water partition coefficient (Wildman–Crippen LogP) is 6.30. The molecule has 4 nitrogen and oxygen atoms in total. The van der Waals surface area contributed by atoms with Crippen molar-refractivity contribution in [2.24, 2.45) is 11.8 Å². The van der Waals surface area contributed by atoms with E-state index in [1.807, 2.05) is 18.2 Å². The van der Waals surface area contributed by atoms with Crippen molar-refractivity contribution in [1.29, 1.82) is 0 Å². The third-order valence-electron chi connectivity index (χ3n) is 8.81. The van der Waals surface area contributed by atoms with Crippen molar-refractivity contribution >= 4 is 5.91 Å². The third-order valence-corrected chi connectivity index (χ3v) is 8.81. The lowest BCUT2D eigenvalue weighted by Gasteiger charge is -2.50. The summed E-state index contributed by atoms with van der Waals surface area (Å²) in [5, 5.41) is 3.14. The van der Waals surface area contributed by atoms with E-state index in [1.54, 1.807) is 0 Å². The zero-order chi connectivity index (χ0) is 24.0. The van der Waals surface area contributed by atoms with Crippen molar-refractivity contribution in [3.8, 4) is 22.6 Å². The number of nitrogens with one attached hydrogen (secondary N) is 1. The molecule has 35 heavy (non-hydrogen) atoms. The molecule has 3 aromatic rings. The Labute approximate surface area is 207 Å². The van der Waals surface area contributed by atoms with Crippen LogP contribution in [0.1, 0.15) is 60.2 Å². The molecule has 1 fully saturated rings. The Morgan fingerprint density at radius 1 is 1.00 bits per heavy atom. The highest BCUT2D eigenvalue weighted by Crippen LogP contribution is 2.52. The molecule has 3 atom stereocenters. The number of ether oxygens (including phenoxy) is 2. The third kappa shape index (κ3) is 3.99. The van der Waals surface area contributed by atoms with Gasteiger partial charge in [-0.15, -0.1) is 0 Å². The van der Waals surface area contributed by atoms with Crippen molar-refractivity contribution < 1.29 is 14.3 Å². The molecule has 1 aliphatic heterocycles. The van der Waals surface area contributed by atoms with Crippen LogP contribution in [-0.2, 0) is 18.3 Å². The van der Waals surface area contributed by atoms with E-state index < -0.39 is 0 Å². The number of fused-ring (bicyclic) bond motifs is 5. The maximum atomic E-state index is 13.0. The van der Waals surface area contributed by atoms with Gasteiger partial charge in [0.05, 0.1) is 0 Å². The topological polar surface area (TPSA) is 47.6 Å². The lowest BCUT2D eigenvalue weighted by molar-refractivity contribution is 0.0952. The number of carbonyl (C=O) groups excluding carboxylic acids is 1. The van der Waals surface area contributed by atoms with Crippen LogP contribution in [0.2, 0.25) is 0 Å². The molecule has 1 N–H and O–H groups in total. The van der Waals surface area contributed by atoms with Gasteiger partial charge in [-0.05, 0) is 95.0 Å². The molecule has 3 aromatic carbocycles. The number of rotatable bonds is 5. The minimum absolute atomic E-state index is 0.0268. The molecule has 0 saturated heterocycles. The molecule has 4 heteroatoms. The largest absolute Gasteiger partial charge is 0.454 e. The first-order chi connectivity index (χ1) is 17.0. The van der Waals surface area contributed by atoms with Gasteiger partial charge in [-0.2, -0.15) is 0 Å². The van der Waals surface area contributed by atoms with Crippen molar-refractivity contribution in [3.63, 3.8) is 0 Å². The average molecular weight is 468 g/mol. The summed E-state index contributed by atoms with van der Waals surface area (Å²) < 4.78 is 10.9. The lowest BCUT2D eigenvalue weighted by atomic mass is 9.54. The van der Waals surface area contributed by atoms with E-state index >= 15 is 0 Å². The number of benzene rings is 3. The number of carbonyl (C=O) groups is 1. The Kier molecular flexibility index (Phi) is 5.55. The fraction of sp³-hybridized carbons (Fsp3) is 0.387. The smallest absolute Gasteiger partial charge is 0.251 e. The predicted molar refractivity (Wildman–Crippen MR) is 138 cm³/mol. The molecular weight excluding hydrogens is 434 g/mol. The van der Waals surface area contributed by atoms with Crippen LogP contribution in [0.15, 0.2) is 60.7 Å². The normalized spacial score (nSPS) is 24.1. The van der Waals surface area contributed by atoms with Crippen molar-refractivity contribution in [1.82, 2.24) is 5.32 Å². The van der Waals surface area contributed by atoms with Gasteiger partial charge in [-0.3, -0.25) is 4.79 Å². The molecule has 3 aliphatic rings. The molecule has 6 rings (SSSR count). The molecule has 0 aromatic heterocycles. The van der Waals surface area contributed by atoms with Crippen LogP contribution in [0, 0.1) is 11.8 Å². The molecule has 0 unspecified atom stereocenters. The Hall–Kier alpha value is -3.27. The molecule has 0 radical (unpaired) electrons. The number of amides is 1. The first-order valence-electron chi connectivity index (χ1n) is 12.9. The summed E-state index contributed by atoms with van der Waals surface area (Å²) in [6.45, 7) is 5.73. The Bertz CT molecular complexity index is 1260. The van der Waals surface area contributed by atoms with Crippen LogP contribution < -0.4 is 14.8 Å². The van der Waals surface area contributed by atoms with Gasteiger partial charge in [-0.1, -0.05) is 56.7 Å². The number of hydrogen-bond donors (Lipinski definition) is 1. The highest BCUT2D eigenvalue weighted by atomic mass is 16.7. The zero-order valence-electron chi connectivity index (χ0n) is 20.6. The van der Waals surface area contributed by atoms with E-state index in [2.05, 4.69) is 61.6 Å². The summed E-state index contributed by atoms with van der Waals surface area (Å²) in [5.41, 5.74) is 7.30. The van der Waals surface area contributed by atoms with E-state index in [9.17, 15) is 4.79 Å². The second-order valence-corrected chi connectivity index (χ2v) is 10.7.